The maximum atomic E-state index is 13.7. The third-order valence-corrected chi connectivity index (χ3v) is 4.61. The molecule has 0 unspecified atom stereocenters. The third kappa shape index (κ3) is 5.07. The molecule has 0 saturated heterocycles. The maximum Gasteiger partial charge on any atom is 0.363 e. The van der Waals surface area contributed by atoms with Crippen LogP contribution in [0, 0.1) is 5.82 Å². The molecule has 1 amide bonds. The number of esters is 1. The van der Waals surface area contributed by atoms with Crippen LogP contribution >= 0.6 is 0 Å². The van der Waals surface area contributed by atoms with E-state index in [1.807, 2.05) is 0 Å². The number of cyclic esters (lactones) is 1. The summed E-state index contributed by atoms with van der Waals surface area (Å²) in [5.41, 5.74) is 2.64. The largest absolute Gasteiger partial charge is 0.489 e. The second-order valence-electron chi connectivity index (χ2n) is 7.04. The molecule has 0 atom stereocenters. The summed E-state index contributed by atoms with van der Waals surface area (Å²) in [6.45, 7) is 1.55. The topological polar surface area (TPSA) is 77.0 Å². The number of anilines is 1. The molecule has 0 bridgehead atoms. The summed E-state index contributed by atoms with van der Waals surface area (Å²) in [4.78, 5) is 27.6. The number of nitrogens with one attached hydrogen (secondary N) is 1. The van der Waals surface area contributed by atoms with Crippen molar-refractivity contribution in [2.24, 2.45) is 4.99 Å². The standard InChI is InChI=1S/C25H19FN2O4/c1-16(29)27-20-10-8-18(9-11-20)24-28-23(25(30)32-24)14-17-6-12-21(13-7-17)31-15-19-4-2-3-5-22(19)26/h2-14H,15H2,1H3,(H,27,29)/b23-14-. The highest BCUT2D eigenvalue weighted by Gasteiger charge is 2.24. The fourth-order valence-corrected chi connectivity index (χ4v) is 3.03. The first-order valence-electron chi connectivity index (χ1n) is 9.85. The Hall–Kier alpha value is -4.26. The van der Waals surface area contributed by atoms with Crippen LogP contribution in [0.2, 0.25) is 0 Å². The van der Waals surface area contributed by atoms with Crippen LogP contribution in [0.5, 0.6) is 5.75 Å². The minimum atomic E-state index is -0.550. The summed E-state index contributed by atoms with van der Waals surface area (Å²) < 4.78 is 24.6. The number of halogens is 1. The van der Waals surface area contributed by atoms with Gasteiger partial charge in [-0.25, -0.2) is 14.2 Å². The van der Waals surface area contributed by atoms with Crippen LogP contribution in [0.15, 0.2) is 83.5 Å². The molecule has 0 fully saturated rings. The molecule has 160 valence electrons. The summed E-state index contributed by atoms with van der Waals surface area (Å²) in [5, 5.41) is 2.67. The molecule has 3 aromatic carbocycles. The molecule has 1 aliphatic heterocycles. The van der Waals surface area contributed by atoms with Crippen LogP contribution in [-0.4, -0.2) is 17.8 Å². The Morgan fingerprint density at radius 2 is 1.78 bits per heavy atom. The highest BCUT2D eigenvalue weighted by atomic mass is 19.1. The zero-order valence-electron chi connectivity index (χ0n) is 17.2. The fraction of sp³-hybridized carbons (Fsp3) is 0.0800. The fourth-order valence-electron chi connectivity index (χ4n) is 3.03. The van der Waals surface area contributed by atoms with Gasteiger partial charge >= 0.3 is 5.97 Å². The number of carbonyl (C=O) groups is 2. The van der Waals surface area contributed by atoms with Gasteiger partial charge < -0.3 is 14.8 Å². The number of carbonyl (C=O) groups excluding carboxylic acids is 2. The van der Waals surface area contributed by atoms with E-state index in [1.54, 1.807) is 72.8 Å². The van der Waals surface area contributed by atoms with Crippen LogP contribution in [0.3, 0.4) is 0 Å². The van der Waals surface area contributed by atoms with Gasteiger partial charge in [-0.05, 0) is 54.1 Å². The van der Waals surface area contributed by atoms with E-state index >= 15 is 0 Å². The summed E-state index contributed by atoms with van der Waals surface area (Å²) in [5.74, 6) is -0.262. The van der Waals surface area contributed by atoms with Crippen molar-refractivity contribution in [1.29, 1.82) is 0 Å². The number of benzene rings is 3. The Bertz CT molecular complexity index is 1220. The number of nitrogens with zero attached hydrogens (tertiary/aromatic N) is 1. The molecule has 1 N–H and O–H groups in total. The summed E-state index contributed by atoms with van der Waals surface area (Å²) in [6.07, 6.45) is 1.61. The molecule has 0 spiro atoms. The van der Waals surface area contributed by atoms with Gasteiger partial charge in [-0.15, -0.1) is 0 Å². The zero-order valence-corrected chi connectivity index (χ0v) is 17.2. The third-order valence-electron chi connectivity index (χ3n) is 4.61. The van der Waals surface area contributed by atoms with E-state index in [-0.39, 0.29) is 29.9 Å². The van der Waals surface area contributed by atoms with Crippen LogP contribution < -0.4 is 10.1 Å². The molecule has 6 nitrogen and oxygen atoms in total. The van der Waals surface area contributed by atoms with Crippen molar-refractivity contribution in [3.8, 4) is 5.75 Å². The maximum absolute atomic E-state index is 13.7. The summed E-state index contributed by atoms with van der Waals surface area (Å²) in [7, 11) is 0. The highest BCUT2D eigenvalue weighted by molar-refractivity contribution is 6.13. The van der Waals surface area contributed by atoms with E-state index in [0.29, 0.717) is 22.6 Å². The Labute approximate surface area is 184 Å². The number of rotatable bonds is 6. The lowest BCUT2D eigenvalue weighted by atomic mass is 10.2. The predicted octanol–water partition coefficient (Wildman–Crippen LogP) is 4.71. The molecule has 1 aliphatic rings. The molecule has 7 heteroatoms. The van der Waals surface area contributed by atoms with E-state index in [2.05, 4.69) is 10.3 Å². The molecular formula is C25H19FN2O4. The Morgan fingerprint density at radius 3 is 2.47 bits per heavy atom. The van der Waals surface area contributed by atoms with Crippen LogP contribution in [0.4, 0.5) is 10.1 Å². The normalized spacial score (nSPS) is 14.1. The van der Waals surface area contributed by atoms with Crippen LogP contribution in [0.25, 0.3) is 6.08 Å². The van der Waals surface area contributed by atoms with Gasteiger partial charge in [0.15, 0.2) is 5.70 Å². The lowest BCUT2D eigenvalue weighted by molar-refractivity contribution is -0.129. The second kappa shape index (κ2) is 9.26. The molecular weight excluding hydrogens is 411 g/mol. The number of hydrogen-bond acceptors (Lipinski definition) is 5. The van der Waals surface area contributed by atoms with Gasteiger partial charge in [0, 0.05) is 23.7 Å². The average Bonchev–Trinajstić information content (AvgIpc) is 3.14. The van der Waals surface area contributed by atoms with Crippen LogP contribution in [-0.2, 0) is 20.9 Å². The Morgan fingerprint density at radius 1 is 1.06 bits per heavy atom. The number of ether oxygens (including phenoxy) is 2. The van der Waals surface area contributed by atoms with Crippen molar-refractivity contribution < 1.29 is 23.5 Å². The average molecular weight is 430 g/mol. The first kappa shape index (κ1) is 21.0. The number of aliphatic imine (C=N–C) groups is 1. The van der Waals surface area contributed by atoms with Crippen molar-refractivity contribution in [1.82, 2.24) is 0 Å². The number of amides is 1. The molecule has 4 rings (SSSR count). The van der Waals surface area contributed by atoms with Crippen molar-refractivity contribution in [3.05, 3.63) is 101 Å². The highest BCUT2D eigenvalue weighted by Crippen LogP contribution is 2.22. The summed E-state index contributed by atoms with van der Waals surface area (Å²) >= 11 is 0. The minimum absolute atomic E-state index is 0.119. The molecule has 3 aromatic rings. The first-order valence-corrected chi connectivity index (χ1v) is 9.85. The minimum Gasteiger partial charge on any atom is -0.489 e. The van der Waals surface area contributed by atoms with Gasteiger partial charge in [0.25, 0.3) is 0 Å². The molecule has 32 heavy (non-hydrogen) atoms. The van der Waals surface area contributed by atoms with Gasteiger partial charge in [0.1, 0.15) is 18.2 Å². The van der Waals surface area contributed by atoms with Crippen molar-refractivity contribution in [2.45, 2.75) is 13.5 Å². The van der Waals surface area contributed by atoms with Gasteiger partial charge in [-0.1, -0.05) is 30.3 Å². The molecule has 0 aliphatic carbocycles. The van der Waals surface area contributed by atoms with Gasteiger partial charge in [-0.2, -0.15) is 0 Å². The lowest BCUT2D eigenvalue weighted by Crippen LogP contribution is -2.07. The first-order chi connectivity index (χ1) is 15.5. The van der Waals surface area contributed by atoms with E-state index in [0.717, 1.165) is 5.56 Å². The molecule has 1 heterocycles. The number of hydrogen-bond donors (Lipinski definition) is 1. The van der Waals surface area contributed by atoms with Crippen molar-refractivity contribution in [3.63, 3.8) is 0 Å². The molecule has 0 saturated carbocycles. The zero-order chi connectivity index (χ0) is 22.5. The predicted molar refractivity (Wildman–Crippen MR) is 119 cm³/mol. The monoisotopic (exact) mass is 430 g/mol. The molecule has 0 aromatic heterocycles. The van der Waals surface area contributed by atoms with E-state index in [1.165, 1.54) is 13.0 Å². The smallest absolute Gasteiger partial charge is 0.363 e. The van der Waals surface area contributed by atoms with E-state index in [4.69, 9.17) is 9.47 Å². The van der Waals surface area contributed by atoms with Gasteiger partial charge in [0.05, 0.1) is 0 Å². The van der Waals surface area contributed by atoms with Crippen LogP contribution in [0.1, 0.15) is 23.6 Å². The SMILES string of the molecule is CC(=O)Nc1ccc(C2=N/C(=C\c3ccc(OCc4ccccc4F)cc3)C(=O)O2)cc1. The van der Waals surface area contributed by atoms with Crippen molar-refractivity contribution >= 4 is 29.5 Å². The second-order valence-corrected chi connectivity index (χ2v) is 7.04. The van der Waals surface area contributed by atoms with Gasteiger partial charge in [-0.3, -0.25) is 4.79 Å². The Balaban J connectivity index is 1.44. The van der Waals surface area contributed by atoms with E-state index in [9.17, 15) is 14.0 Å². The quantitative estimate of drug-likeness (QED) is 0.454. The van der Waals surface area contributed by atoms with Crippen molar-refractivity contribution in [2.75, 3.05) is 5.32 Å². The molecule has 0 radical (unpaired) electrons. The lowest BCUT2D eigenvalue weighted by Gasteiger charge is -2.07. The summed E-state index contributed by atoms with van der Waals surface area (Å²) in [6, 6.07) is 20.3. The van der Waals surface area contributed by atoms with Gasteiger partial charge in [0.2, 0.25) is 11.8 Å². The Kier molecular flexibility index (Phi) is 6.07. The van der Waals surface area contributed by atoms with E-state index < -0.39 is 5.97 Å².